The van der Waals surface area contributed by atoms with E-state index in [0.717, 1.165) is 25.2 Å². The van der Waals surface area contributed by atoms with Crippen molar-refractivity contribution in [2.75, 3.05) is 59.0 Å². The van der Waals surface area contributed by atoms with Crippen LogP contribution in [0, 0.1) is 0 Å². The topological polar surface area (TPSA) is 89.7 Å². The van der Waals surface area contributed by atoms with Crippen molar-refractivity contribution in [2.24, 2.45) is 0 Å². The van der Waals surface area contributed by atoms with Gasteiger partial charge < -0.3 is 33.5 Å². The van der Waals surface area contributed by atoms with Gasteiger partial charge >= 0.3 is 0 Å². The number of anilines is 1. The molecule has 2 fully saturated rings. The fourth-order valence-corrected chi connectivity index (χ4v) is 6.45. The maximum Gasteiger partial charge on any atom is 0.164 e. The average molecular weight is 606 g/mol. The van der Waals surface area contributed by atoms with Crippen molar-refractivity contribution in [2.45, 2.75) is 63.7 Å². The molecule has 2 aliphatic rings. The van der Waals surface area contributed by atoms with Gasteiger partial charge in [0.05, 0.1) is 20.8 Å². The highest BCUT2D eigenvalue weighted by Gasteiger charge is 2.28. The highest BCUT2D eigenvalue weighted by Crippen LogP contribution is 2.39. The summed E-state index contributed by atoms with van der Waals surface area (Å²) in [5, 5.41) is 15.1. The molecule has 5 rings (SSSR count). The van der Waals surface area contributed by atoms with E-state index in [-0.39, 0.29) is 6.61 Å². The number of para-hydroxylation sites is 1. The molecule has 3 aromatic rings. The SMILES string of the molecule is COCc1cc(C=Cc2cc(OC)c(OC)cc2OCC(O)CN2CCN(c3ccccc3C3CCCCC3)CC2C)on1. The molecule has 2 atom stereocenters. The van der Waals surface area contributed by atoms with Gasteiger partial charge in [-0.25, -0.2) is 0 Å². The smallest absolute Gasteiger partial charge is 0.164 e. The first-order valence-corrected chi connectivity index (χ1v) is 15.8. The van der Waals surface area contributed by atoms with E-state index >= 15 is 0 Å². The number of ether oxygens (including phenoxy) is 4. The monoisotopic (exact) mass is 605 g/mol. The molecule has 9 nitrogen and oxygen atoms in total. The number of hydrogen-bond acceptors (Lipinski definition) is 9. The van der Waals surface area contributed by atoms with Crippen LogP contribution in [0.5, 0.6) is 17.2 Å². The third kappa shape index (κ3) is 7.94. The standard InChI is InChI=1S/C35H47N3O6/c1-25-21-38(32-13-9-8-12-31(32)26-10-6-5-7-11-26)17-16-37(25)22-29(39)24-43-33-20-35(42-4)34(41-3)18-27(33)14-15-30-19-28(23-40-2)36-44-30/h8-9,12-15,18-20,25-26,29,39H,5-7,10-11,16-17,21-24H2,1-4H3. The summed E-state index contributed by atoms with van der Waals surface area (Å²) < 4.78 is 27.7. The molecule has 44 heavy (non-hydrogen) atoms. The first kappa shape index (κ1) is 31.9. The van der Waals surface area contributed by atoms with Crippen LogP contribution < -0.4 is 19.1 Å². The molecule has 2 heterocycles. The van der Waals surface area contributed by atoms with Gasteiger partial charge in [-0.15, -0.1) is 0 Å². The number of piperazine rings is 1. The molecule has 1 N–H and O–H groups in total. The van der Waals surface area contributed by atoms with Gasteiger partial charge in [0.25, 0.3) is 0 Å². The number of methoxy groups -OCH3 is 3. The van der Waals surface area contributed by atoms with Crippen LogP contribution in [0.1, 0.15) is 67.5 Å². The molecular formula is C35H47N3O6. The molecule has 0 spiro atoms. The van der Waals surface area contributed by atoms with Crippen LogP contribution in [-0.4, -0.2) is 81.4 Å². The van der Waals surface area contributed by atoms with E-state index in [2.05, 4.69) is 46.1 Å². The summed E-state index contributed by atoms with van der Waals surface area (Å²) in [5.74, 6) is 2.97. The predicted molar refractivity (Wildman–Crippen MR) is 173 cm³/mol. The van der Waals surface area contributed by atoms with E-state index in [1.165, 1.54) is 43.4 Å². The molecule has 1 saturated carbocycles. The molecule has 2 aromatic carbocycles. The van der Waals surface area contributed by atoms with Crippen molar-refractivity contribution in [1.82, 2.24) is 10.1 Å². The Balaban J connectivity index is 1.20. The zero-order chi connectivity index (χ0) is 30.9. The van der Waals surface area contributed by atoms with Crippen LogP contribution in [-0.2, 0) is 11.3 Å². The highest BCUT2D eigenvalue weighted by atomic mass is 16.5. The summed E-state index contributed by atoms with van der Waals surface area (Å²) in [6.07, 6.45) is 9.65. The Morgan fingerprint density at radius 2 is 1.75 bits per heavy atom. The van der Waals surface area contributed by atoms with Crippen LogP contribution >= 0.6 is 0 Å². The quantitative estimate of drug-likeness (QED) is 0.252. The van der Waals surface area contributed by atoms with Crippen LogP contribution in [0.2, 0.25) is 0 Å². The van der Waals surface area contributed by atoms with Gasteiger partial charge in [-0.2, -0.15) is 0 Å². The Kier molecular flexibility index (Phi) is 11.2. The zero-order valence-electron chi connectivity index (χ0n) is 26.5. The lowest BCUT2D eigenvalue weighted by molar-refractivity contribution is 0.0511. The maximum atomic E-state index is 11.1. The molecule has 9 heteroatoms. The minimum atomic E-state index is -0.658. The summed E-state index contributed by atoms with van der Waals surface area (Å²) >= 11 is 0. The average Bonchev–Trinajstić information content (AvgIpc) is 3.51. The Labute approximate surface area is 261 Å². The Hall–Kier alpha value is -3.53. The van der Waals surface area contributed by atoms with Gasteiger partial charge in [-0.05, 0) is 55.5 Å². The van der Waals surface area contributed by atoms with E-state index < -0.39 is 6.10 Å². The first-order chi connectivity index (χ1) is 21.5. The lowest BCUT2D eigenvalue weighted by Crippen LogP contribution is -2.54. The minimum absolute atomic E-state index is 0.147. The Morgan fingerprint density at radius 3 is 2.50 bits per heavy atom. The van der Waals surface area contributed by atoms with Crippen LogP contribution in [0.15, 0.2) is 47.0 Å². The number of benzene rings is 2. The molecule has 0 radical (unpaired) electrons. The number of nitrogens with zero attached hydrogens (tertiary/aromatic N) is 3. The van der Waals surface area contributed by atoms with Crippen molar-refractivity contribution >= 4 is 17.8 Å². The summed E-state index contributed by atoms with van der Waals surface area (Å²) in [7, 11) is 4.80. The zero-order valence-corrected chi connectivity index (χ0v) is 26.5. The van der Waals surface area contributed by atoms with Crippen molar-refractivity contribution in [3.8, 4) is 17.2 Å². The molecule has 238 valence electrons. The number of rotatable bonds is 13. The lowest BCUT2D eigenvalue weighted by Gasteiger charge is -2.43. The van der Waals surface area contributed by atoms with Crippen molar-refractivity contribution in [3.63, 3.8) is 0 Å². The Bertz CT molecular complexity index is 1370. The number of aromatic nitrogens is 1. The van der Waals surface area contributed by atoms with Crippen molar-refractivity contribution in [3.05, 3.63) is 65.0 Å². The Morgan fingerprint density at radius 1 is 0.977 bits per heavy atom. The normalized spacial score (nSPS) is 18.9. The van der Waals surface area contributed by atoms with Crippen molar-refractivity contribution < 1.29 is 28.6 Å². The summed E-state index contributed by atoms with van der Waals surface area (Å²) in [6.45, 7) is 6.09. The number of aliphatic hydroxyl groups is 1. The van der Waals surface area contributed by atoms with Gasteiger partial charge in [0.2, 0.25) is 0 Å². The fourth-order valence-electron chi connectivity index (χ4n) is 6.45. The molecule has 0 bridgehead atoms. The lowest BCUT2D eigenvalue weighted by atomic mass is 9.83. The number of aliphatic hydroxyl groups excluding tert-OH is 1. The fraction of sp³-hybridized carbons (Fsp3) is 0.514. The first-order valence-electron chi connectivity index (χ1n) is 15.8. The third-order valence-electron chi connectivity index (χ3n) is 8.78. The second kappa shape index (κ2) is 15.5. The van der Waals surface area contributed by atoms with Crippen molar-refractivity contribution in [1.29, 1.82) is 0 Å². The molecule has 1 aliphatic carbocycles. The molecule has 0 amide bonds. The minimum Gasteiger partial charge on any atom is -0.493 e. The molecule has 2 unspecified atom stereocenters. The van der Waals surface area contributed by atoms with E-state index in [1.807, 2.05) is 24.3 Å². The van der Waals surface area contributed by atoms with Crippen LogP contribution in [0.4, 0.5) is 5.69 Å². The van der Waals surface area contributed by atoms with Gasteiger partial charge in [0.15, 0.2) is 17.3 Å². The van der Waals surface area contributed by atoms with Gasteiger partial charge in [-0.3, -0.25) is 4.90 Å². The molecule has 1 saturated heterocycles. The number of β-amino-alcohol motifs (C(OH)–C–C–N with tert-alkyl or cyclic N) is 1. The maximum absolute atomic E-state index is 11.1. The third-order valence-corrected chi connectivity index (χ3v) is 8.78. The van der Waals surface area contributed by atoms with Gasteiger partial charge in [0, 0.05) is 62.7 Å². The number of hydrogen-bond donors (Lipinski definition) is 1. The summed E-state index contributed by atoms with van der Waals surface area (Å²) in [4.78, 5) is 4.91. The summed E-state index contributed by atoms with van der Waals surface area (Å²) in [6, 6.07) is 14.7. The largest absolute Gasteiger partial charge is 0.493 e. The van der Waals surface area contributed by atoms with Crippen LogP contribution in [0.25, 0.3) is 12.2 Å². The predicted octanol–water partition coefficient (Wildman–Crippen LogP) is 6.01. The van der Waals surface area contributed by atoms with E-state index in [0.29, 0.717) is 53.8 Å². The van der Waals surface area contributed by atoms with Gasteiger partial charge in [-0.1, -0.05) is 42.6 Å². The second-order valence-electron chi connectivity index (χ2n) is 11.9. The van der Waals surface area contributed by atoms with E-state index in [1.54, 1.807) is 27.4 Å². The highest BCUT2D eigenvalue weighted by molar-refractivity contribution is 5.73. The van der Waals surface area contributed by atoms with E-state index in [9.17, 15) is 5.11 Å². The second-order valence-corrected chi connectivity index (χ2v) is 11.9. The van der Waals surface area contributed by atoms with Crippen LogP contribution in [0.3, 0.4) is 0 Å². The molecule has 1 aromatic heterocycles. The summed E-state index contributed by atoms with van der Waals surface area (Å²) in [5.41, 5.74) is 4.38. The van der Waals surface area contributed by atoms with E-state index in [4.69, 9.17) is 23.5 Å². The molecule has 1 aliphatic heterocycles. The van der Waals surface area contributed by atoms with Gasteiger partial charge in [0.1, 0.15) is 24.2 Å². The molecular weight excluding hydrogens is 558 g/mol.